The second-order valence-electron chi connectivity index (χ2n) is 5.98. The summed E-state index contributed by atoms with van der Waals surface area (Å²) in [5.74, 6) is 2.16. The molecule has 28 heavy (non-hydrogen) atoms. The molecule has 0 fully saturated rings. The molecule has 2 aromatic rings. The van der Waals surface area contributed by atoms with E-state index in [4.69, 9.17) is 14.6 Å². The van der Waals surface area contributed by atoms with Crippen LogP contribution in [-0.4, -0.2) is 34.8 Å². The summed E-state index contributed by atoms with van der Waals surface area (Å²) >= 11 is 0. The first kappa shape index (κ1) is 22.2. The molecule has 1 heterocycles. The first-order valence-corrected chi connectivity index (χ1v) is 9.95. The quantitative estimate of drug-likeness (QED) is 0.304. The highest BCUT2D eigenvalue weighted by molar-refractivity contribution is 14.0. The zero-order chi connectivity index (χ0) is 19.3. The first-order valence-electron chi connectivity index (χ1n) is 8.40. The van der Waals surface area contributed by atoms with E-state index in [1.807, 2.05) is 24.3 Å². The number of benzene rings is 2. The van der Waals surface area contributed by atoms with E-state index in [1.165, 1.54) is 6.07 Å². The molecule has 1 aliphatic heterocycles. The van der Waals surface area contributed by atoms with Gasteiger partial charge in [0, 0.05) is 20.1 Å². The third-order valence-corrected chi connectivity index (χ3v) is 4.96. The van der Waals surface area contributed by atoms with Crippen LogP contribution in [0.3, 0.4) is 0 Å². The van der Waals surface area contributed by atoms with Crippen LogP contribution in [0.15, 0.2) is 52.4 Å². The van der Waals surface area contributed by atoms with Crippen molar-refractivity contribution in [3.63, 3.8) is 0 Å². The Morgan fingerprint density at radius 2 is 1.89 bits per heavy atom. The van der Waals surface area contributed by atoms with Crippen LogP contribution in [0.5, 0.6) is 11.5 Å². The third kappa shape index (κ3) is 5.97. The van der Waals surface area contributed by atoms with Crippen molar-refractivity contribution in [2.24, 2.45) is 10.1 Å². The Morgan fingerprint density at radius 3 is 2.64 bits per heavy atom. The zero-order valence-electron chi connectivity index (χ0n) is 15.3. The Balaban J connectivity index is 0.00000280. The largest absolute Gasteiger partial charge is 0.454 e. The summed E-state index contributed by atoms with van der Waals surface area (Å²) in [6, 6.07) is 12.4. The lowest BCUT2D eigenvalue weighted by molar-refractivity contribution is 0.174. The van der Waals surface area contributed by atoms with Crippen LogP contribution in [0.1, 0.15) is 11.1 Å². The van der Waals surface area contributed by atoms with Crippen LogP contribution >= 0.6 is 24.0 Å². The Morgan fingerprint density at radius 1 is 1.11 bits per heavy atom. The van der Waals surface area contributed by atoms with E-state index < -0.39 is 10.0 Å². The lowest BCUT2D eigenvalue weighted by Crippen LogP contribution is -2.37. The number of sulfonamides is 1. The van der Waals surface area contributed by atoms with Gasteiger partial charge < -0.3 is 20.1 Å². The van der Waals surface area contributed by atoms with Crippen molar-refractivity contribution in [2.45, 2.75) is 17.9 Å². The van der Waals surface area contributed by atoms with Crippen LogP contribution in [-0.2, 0) is 23.0 Å². The van der Waals surface area contributed by atoms with Crippen molar-refractivity contribution in [3.8, 4) is 11.5 Å². The Labute approximate surface area is 181 Å². The van der Waals surface area contributed by atoms with Crippen molar-refractivity contribution in [3.05, 3.63) is 53.6 Å². The molecule has 0 saturated heterocycles. The fourth-order valence-corrected chi connectivity index (χ4v) is 3.24. The summed E-state index contributed by atoms with van der Waals surface area (Å²) in [5.41, 5.74) is 1.92. The van der Waals surface area contributed by atoms with Crippen molar-refractivity contribution in [1.82, 2.24) is 10.6 Å². The fraction of sp³-hybridized carbons (Fsp3) is 0.278. The highest BCUT2D eigenvalue weighted by Gasteiger charge is 2.13. The van der Waals surface area contributed by atoms with Crippen molar-refractivity contribution >= 4 is 40.0 Å². The molecule has 3 rings (SSSR count). The van der Waals surface area contributed by atoms with Gasteiger partial charge in [-0.15, -0.1) is 24.0 Å². The third-order valence-electron chi connectivity index (χ3n) is 4.05. The van der Waals surface area contributed by atoms with Crippen LogP contribution in [0.4, 0.5) is 0 Å². The summed E-state index contributed by atoms with van der Waals surface area (Å²) in [6.45, 7) is 1.36. The van der Waals surface area contributed by atoms with Crippen LogP contribution in [0.2, 0.25) is 0 Å². The number of guanidine groups is 1. The number of fused-ring (bicyclic) bond motifs is 1. The van der Waals surface area contributed by atoms with Gasteiger partial charge in [-0.05, 0) is 41.8 Å². The second kappa shape index (κ2) is 9.94. The molecule has 152 valence electrons. The first-order chi connectivity index (χ1) is 13.0. The SMILES string of the molecule is CN=C(NCCc1ccc2c(c1)OCO2)NCc1cccc(S(N)(=O)=O)c1.I. The highest BCUT2D eigenvalue weighted by Crippen LogP contribution is 2.32. The molecule has 0 aliphatic carbocycles. The average Bonchev–Trinajstić information content (AvgIpc) is 3.12. The van der Waals surface area contributed by atoms with Crippen LogP contribution < -0.4 is 25.2 Å². The van der Waals surface area contributed by atoms with E-state index in [0.717, 1.165) is 29.0 Å². The van der Waals surface area contributed by atoms with Gasteiger partial charge in [0.25, 0.3) is 0 Å². The van der Waals surface area contributed by atoms with Gasteiger partial charge in [-0.25, -0.2) is 13.6 Å². The van der Waals surface area contributed by atoms with Gasteiger partial charge in [-0.1, -0.05) is 18.2 Å². The van der Waals surface area contributed by atoms with E-state index in [1.54, 1.807) is 19.2 Å². The maximum atomic E-state index is 11.4. The molecule has 0 radical (unpaired) electrons. The topological polar surface area (TPSA) is 115 Å². The second-order valence-corrected chi connectivity index (χ2v) is 7.54. The number of hydrogen-bond acceptors (Lipinski definition) is 5. The van der Waals surface area contributed by atoms with E-state index in [2.05, 4.69) is 15.6 Å². The van der Waals surface area contributed by atoms with Gasteiger partial charge in [0.05, 0.1) is 4.90 Å². The molecular weight excluding hydrogens is 495 g/mol. The summed E-state index contributed by atoms with van der Waals surface area (Å²) in [6.07, 6.45) is 0.790. The van der Waals surface area contributed by atoms with Crippen molar-refractivity contribution in [1.29, 1.82) is 0 Å². The molecule has 4 N–H and O–H groups in total. The smallest absolute Gasteiger partial charge is 0.238 e. The van der Waals surface area contributed by atoms with Gasteiger partial charge in [0.2, 0.25) is 16.8 Å². The number of rotatable bonds is 6. The number of nitrogens with zero attached hydrogens (tertiary/aromatic N) is 1. The molecular formula is C18H23IN4O4S. The predicted octanol–water partition coefficient (Wildman–Crippen LogP) is 1.59. The van der Waals surface area contributed by atoms with E-state index in [9.17, 15) is 8.42 Å². The van der Waals surface area contributed by atoms with Crippen LogP contribution in [0, 0.1) is 0 Å². The number of nitrogens with two attached hydrogens (primary N) is 1. The van der Waals surface area contributed by atoms with Gasteiger partial charge >= 0.3 is 0 Å². The predicted molar refractivity (Wildman–Crippen MR) is 118 cm³/mol. The number of nitrogens with one attached hydrogen (secondary N) is 2. The molecule has 0 unspecified atom stereocenters. The molecule has 0 atom stereocenters. The molecule has 0 amide bonds. The molecule has 2 aromatic carbocycles. The highest BCUT2D eigenvalue weighted by atomic mass is 127. The minimum Gasteiger partial charge on any atom is -0.454 e. The molecule has 10 heteroatoms. The van der Waals surface area contributed by atoms with Gasteiger partial charge in [-0.2, -0.15) is 0 Å². The van der Waals surface area contributed by atoms with E-state index >= 15 is 0 Å². The van der Waals surface area contributed by atoms with Gasteiger partial charge in [-0.3, -0.25) is 4.99 Å². The van der Waals surface area contributed by atoms with E-state index in [-0.39, 0.29) is 35.7 Å². The average molecular weight is 518 g/mol. The van der Waals surface area contributed by atoms with E-state index in [0.29, 0.717) is 19.0 Å². The maximum Gasteiger partial charge on any atom is 0.238 e. The Hall–Kier alpha value is -2.05. The summed E-state index contributed by atoms with van der Waals surface area (Å²) in [7, 11) is -2.03. The monoisotopic (exact) mass is 518 g/mol. The lowest BCUT2D eigenvalue weighted by Gasteiger charge is -2.12. The zero-order valence-corrected chi connectivity index (χ0v) is 18.5. The van der Waals surface area contributed by atoms with Gasteiger partial charge in [0.15, 0.2) is 17.5 Å². The lowest BCUT2D eigenvalue weighted by atomic mass is 10.1. The number of ether oxygens (including phenoxy) is 2. The molecule has 0 saturated carbocycles. The standard InChI is InChI=1S/C18H22N4O4S.HI/c1-20-18(22-11-14-3-2-4-15(9-14)27(19,23)24)21-8-7-13-5-6-16-17(10-13)26-12-25-16;/h2-6,9-10H,7-8,11-12H2,1H3,(H2,19,23,24)(H2,20,21,22);1H. The summed E-state index contributed by atoms with van der Waals surface area (Å²) in [5, 5.41) is 11.5. The van der Waals surface area contributed by atoms with Gasteiger partial charge in [0.1, 0.15) is 0 Å². The molecule has 8 nitrogen and oxygen atoms in total. The molecule has 0 bridgehead atoms. The Kier molecular flexibility index (Phi) is 7.89. The number of aliphatic imine (C=N–C) groups is 1. The molecule has 1 aliphatic rings. The number of halogens is 1. The minimum atomic E-state index is -3.71. The normalized spacial score (nSPS) is 13.0. The fourth-order valence-electron chi connectivity index (χ4n) is 2.66. The minimum absolute atomic E-state index is 0. The summed E-state index contributed by atoms with van der Waals surface area (Å²) in [4.78, 5) is 4.26. The maximum absolute atomic E-state index is 11.4. The summed E-state index contributed by atoms with van der Waals surface area (Å²) < 4.78 is 33.5. The number of primary sulfonamides is 1. The van der Waals surface area contributed by atoms with Crippen LogP contribution in [0.25, 0.3) is 0 Å². The number of hydrogen-bond donors (Lipinski definition) is 3. The van der Waals surface area contributed by atoms with Crippen molar-refractivity contribution in [2.75, 3.05) is 20.4 Å². The molecule has 0 aromatic heterocycles. The Bertz CT molecular complexity index is 950. The van der Waals surface area contributed by atoms with Crippen molar-refractivity contribution < 1.29 is 17.9 Å². The molecule has 0 spiro atoms.